The molecule has 1 fully saturated rings. The Labute approximate surface area is 87.7 Å². The minimum Gasteiger partial charge on any atom is -0.368 e. The predicted molar refractivity (Wildman–Crippen MR) is 57.1 cm³/mol. The van der Waals surface area contributed by atoms with Crippen LogP contribution in [0.4, 0.5) is 5.95 Å². The van der Waals surface area contributed by atoms with Gasteiger partial charge in [0.25, 0.3) is 0 Å². The quantitative estimate of drug-likeness (QED) is 0.766. The minimum absolute atomic E-state index is 0.346. The van der Waals surface area contributed by atoms with Crippen LogP contribution in [0.25, 0.3) is 0 Å². The van der Waals surface area contributed by atoms with Gasteiger partial charge in [0.15, 0.2) is 5.16 Å². The molecule has 2 N–H and O–H groups in total. The number of hydrogen-bond acceptors (Lipinski definition) is 5. The van der Waals surface area contributed by atoms with Crippen LogP contribution in [0.2, 0.25) is 0 Å². The second-order valence-corrected chi connectivity index (χ2v) is 4.37. The van der Waals surface area contributed by atoms with E-state index in [2.05, 4.69) is 15.0 Å². The standard InChI is InChI=1S/C9H14N4S/c1-14-9-12-7(11-8(10)13-9)5-6-3-2-4-6/h6H,2-5H2,1H3,(H2,10,11,12,13). The summed E-state index contributed by atoms with van der Waals surface area (Å²) in [6, 6.07) is 0. The molecule has 1 aliphatic rings. The lowest BCUT2D eigenvalue weighted by atomic mass is 9.83. The smallest absolute Gasteiger partial charge is 0.224 e. The molecule has 0 bridgehead atoms. The van der Waals surface area contributed by atoms with E-state index >= 15 is 0 Å². The molecule has 0 aliphatic heterocycles. The average Bonchev–Trinajstić information content (AvgIpc) is 2.10. The fraction of sp³-hybridized carbons (Fsp3) is 0.667. The largest absolute Gasteiger partial charge is 0.368 e. The molecule has 0 spiro atoms. The number of rotatable bonds is 3. The molecule has 4 nitrogen and oxygen atoms in total. The molecule has 1 aliphatic carbocycles. The SMILES string of the molecule is CSc1nc(N)nc(CC2CCC2)n1. The van der Waals surface area contributed by atoms with Crippen LogP contribution < -0.4 is 5.73 Å². The van der Waals surface area contributed by atoms with Crippen molar-refractivity contribution in [3.63, 3.8) is 0 Å². The third kappa shape index (κ3) is 2.15. The second kappa shape index (κ2) is 4.13. The zero-order chi connectivity index (χ0) is 9.97. The third-order valence-corrected chi connectivity index (χ3v) is 3.10. The summed E-state index contributed by atoms with van der Waals surface area (Å²) < 4.78 is 0. The highest BCUT2D eigenvalue weighted by molar-refractivity contribution is 7.98. The maximum absolute atomic E-state index is 5.59. The zero-order valence-electron chi connectivity index (χ0n) is 8.23. The summed E-state index contributed by atoms with van der Waals surface area (Å²) in [6.45, 7) is 0. The molecule has 0 unspecified atom stereocenters. The molecule has 1 heterocycles. The summed E-state index contributed by atoms with van der Waals surface area (Å²) in [5, 5.41) is 0.729. The first-order valence-electron chi connectivity index (χ1n) is 4.82. The van der Waals surface area contributed by atoms with Gasteiger partial charge in [0, 0.05) is 6.42 Å². The van der Waals surface area contributed by atoms with E-state index in [-0.39, 0.29) is 0 Å². The van der Waals surface area contributed by atoms with Crippen molar-refractivity contribution in [1.82, 2.24) is 15.0 Å². The predicted octanol–water partition coefficient (Wildman–Crippen LogP) is 1.52. The van der Waals surface area contributed by atoms with Gasteiger partial charge in [0.2, 0.25) is 5.95 Å². The Morgan fingerprint density at radius 1 is 1.36 bits per heavy atom. The number of thioether (sulfide) groups is 1. The van der Waals surface area contributed by atoms with Gasteiger partial charge in [-0.1, -0.05) is 31.0 Å². The highest BCUT2D eigenvalue weighted by atomic mass is 32.2. The van der Waals surface area contributed by atoms with Crippen molar-refractivity contribution in [2.75, 3.05) is 12.0 Å². The van der Waals surface area contributed by atoms with E-state index < -0.39 is 0 Å². The van der Waals surface area contributed by atoms with E-state index in [1.807, 2.05) is 6.26 Å². The lowest BCUT2D eigenvalue weighted by Crippen LogP contribution is -2.16. The summed E-state index contributed by atoms with van der Waals surface area (Å²) in [7, 11) is 0. The molecule has 5 heteroatoms. The van der Waals surface area contributed by atoms with E-state index in [9.17, 15) is 0 Å². The van der Waals surface area contributed by atoms with Gasteiger partial charge < -0.3 is 5.73 Å². The Balaban J connectivity index is 2.11. The molecule has 0 radical (unpaired) electrons. The molecule has 0 amide bonds. The monoisotopic (exact) mass is 210 g/mol. The Bertz CT molecular complexity index is 325. The first-order valence-corrected chi connectivity index (χ1v) is 6.05. The third-order valence-electron chi connectivity index (χ3n) is 2.56. The summed E-state index contributed by atoms with van der Waals surface area (Å²) in [5.41, 5.74) is 5.59. The van der Waals surface area contributed by atoms with Gasteiger partial charge in [-0.15, -0.1) is 0 Å². The van der Waals surface area contributed by atoms with Crippen molar-refractivity contribution < 1.29 is 0 Å². The van der Waals surface area contributed by atoms with Crippen molar-refractivity contribution >= 4 is 17.7 Å². The van der Waals surface area contributed by atoms with Gasteiger partial charge in [0.05, 0.1) is 0 Å². The molecule has 0 atom stereocenters. The Morgan fingerprint density at radius 2 is 2.14 bits per heavy atom. The van der Waals surface area contributed by atoms with Crippen LogP contribution in [-0.4, -0.2) is 21.2 Å². The van der Waals surface area contributed by atoms with Crippen molar-refractivity contribution in [3.8, 4) is 0 Å². The van der Waals surface area contributed by atoms with Crippen LogP contribution in [0, 0.1) is 5.92 Å². The number of nitrogens with zero attached hydrogens (tertiary/aromatic N) is 3. The molecule has 1 aromatic heterocycles. The molecule has 2 rings (SSSR count). The van der Waals surface area contributed by atoms with Crippen LogP contribution in [0.3, 0.4) is 0 Å². The van der Waals surface area contributed by atoms with Gasteiger partial charge >= 0.3 is 0 Å². The zero-order valence-corrected chi connectivity index (χ0v) is 9.05. The van der Waals surface area contributed by atoms with E-state index in [0.717, 1.165) is 23.3 Å². The Hall–Kier alpha value is -0.840. The van der Waals surface area contributed by atoms with Crippen LogP contribution in [0.5, 0.6) is 0 Å². The molecular weight excluding hydrogens is 196 g/mol. The second-order valence-electron chi connectivity index (χ2n) is 3.60. The van der Waals surface area contributed by atoms with Crippen LogP contribution in [-0.2, 0) is 6.42 Å². The van der Waals surface area contributed by atoms with Crippen LogP contribution in [0.15, 0.2) is 5.16 Å². The van der Waals surface area contributed by atoms with Gasteiger partial charge in [-0.3, -0.25) is 0 Å². The first kappa shape index (κ1) is 9.71. The number of nitrogens with two attached hydrogens (primary N) is 1. The van der Waals surface area contributed by atoms with E-state index in [1.165, 1.54) is 31.0 Å². The number of anilines is 1. The lowest BCUT2D eigenvalue weighted by Gasteiger charge is -2.24. The van der Waals surface area contributed by atoms with Crippen LogP contribution >= 0.6 is 11.8 Å². The normalized spacial score (nSPS) is 16.6. The van der Waals surface area contributed by atoms with Crippen molar-refractivity contribution in [3.05, 3.63) is 5.82 Å². The fourth-order valence-electron chi connectivity index (χ4n) is 1.55. The lowest BCUT2D eigenvalue weighted by molar-refractivity contribution is 0.308. The summed E-state index contributed by atoms with van der Waals surface area (Å²) in [4.78, 5) is 12.5. The molecule has 0 aromatic carbocycles. The van der Waals surface area contributed by atoms with Crippen molar-refractivity contribution in [1.29, 1.82) is 0 Å². The van der Waals surface area contributed by atoms with E-state index in [1.54, 1.807) is 0 Å². The molecule has 1 aromatic rings. The fourth-order valence-corrected chi connectivity index (χ4v) is 1.93. The van der Waals surface area contributed by atoms with Gasteiger partial charge in [0.1, 0.15) is 5.82 Å². The Morgan fingerprint density at radius 3 is 2.71 bits per heavy atom. The Kier molecular flexibility index (Phi) is 2.86. The van der Waals surface area contributed by atoms with Crippen molar-refractivity contribution in [2.24, 2.45) is 5.92 Å². The molecule has 1 saturated carbocycles. The average molecular weight is 210 g/mol. The van der Waals surface area contributed by atoms with Gasteiger partial charge in [-0.25, -0.2) is 4.98 Å². The summed E-state index contributed by atoms with van der Waals surface area (Å²) in [6.07, 6.45) is 6.86. The molecule has 14 heavy (non-hydrogen) atoms. The maximum Gasteiger partial charge on any atom is 0.224 e. The molecule has 0 saturated heterocycles. The summed E-state index contributed by atoms with van der Waals surface area (Å²) in [5.74, 6) is 1.97. The first-order chi connectivity index (χ1) is 6.78. The van der Waals surface area contributed by atoms with Gasteiger partial charge in [-0.05, 0) is 12.2 Å². The highest BCUT2D eigenvalue weighted by Crippen LogP contribution is 2.29. The van der Waals surface area contributed by atoms with E-state index in [4.69, 9.17) is 5.73 Å². The number of hydrogen-bond donors (Lipinski definition) is 1. The maximum atomic E-state index is 5.59. The van der Waals surface area contributed by atoms with Gasteiger partial charge in [-0.2, -0.15) is 9.97 Å². The van der Waals surface area contributed by atoms with Crippen LogP contribution in [0.1, 0.15) is 25.1 Å². The highest BCUT2D eigenvalue weighted by Gasteiger charge is 2.19. The van der Waals surface area contributed by atoms with Crippen molar-refractivity contribution in [2.45, 2.75) is 30.8 Å². The number of nitrogen functional groups attached to an aromatic ring is 1. The molecular formula is C9H14N4S. The summed E-state index contributed by atoms with van der Waals surface area (Å²) >= 11 is 1.51. The molecule has 76 valence electrons. The number of aromatic nitrogens is 3. The minimum atomic E-state index is 0.346. The van der Waals surface area contributed by atoms with E-state index in [0.29, 0.717) is 5.95 Å². The topological polar surface area (TPSA) is 64.7 Å².